The smallest absolute Gasteiger partial charge is 0.254 e. The van der Waals surface area contributed by atoms with Gasteiger partial charge in [-0.2, -0.15) is 0 Å². The lowest BCUT2D eigenvalue weighted by molar-refractivity contribution is 0.0752. The number of hydrogen-bond acceptors (Lipinski definition) is 3. The van der Waals surface area contributed by atoms with E-state index in [2.05, 4.69) is 0 Å². The van der Waals surface area contributed by atoms with Crippen LogP contribution in [0.2, 0.25) is 0 Å². The molecule has 0 spiro atoms. The van der Waals surface area contributed by atoms with E-state index in [0.29, 0.717) is 24.3 Å². The van der Waals surface area contributed by atoms with Crippen LogP contribution in [-0.4, -0.2) is 22.5 Å². The number of rotatable bonds is 4. The van der Waals surface area contributed by atoms with Gasteiger partial charge < -0.3 is 15.7 Å². The maximum Gasteiger partial charge on any atom is 0.254 e. The Morgan fingerprint density at radius 1 is 1.24 bits per heavy atom. The number of anilines is 1. The average Bonchev–Trinajstić information content (AvgIpc) is 2.44. The molecule has 0 heterocycles. The number of benzene rings is 2. The van der Waals surface area contributed by atoms with Gasteiger partial charge in [0, 0.05) is 24.3 Å². The lowest BCUT2D eigenvalue weighted by Crippen LogP contribution is -2.30. The molecule has 0 fully saturated rings. The van der Waals surface area contributed by atoms with E-state index in [0.717, 1.165) is 11.1 Å². The number of amides is 1. The SMILES string of the molecule is CCN(Cc1cccc(N)c1)C(=O)c1ccc(O)cc1C. The van der Waals surface area contributed by atoms with Crippen LogP contribution in [0.5, 0.6) is 5.75 Å². The molecule has 0 aliphatic rings. The van der Waals surface area contributed by atoms with Crippen LogP contribution in [0.15, 0.2) is 42.5 Å². The van der Waals surface area contributed by atoms with Gasteiger partial charge >= 0.3 is 0 Å². The molecule has 0 saturated heterocycles. The predicted molar refractivity (Wildman–Crippen MR) is 84.1 cm³/mol. The minimum Gasteiger partial charge on any atom is -0.508 e. The molecule has 2 aromatic rings. The molecule has 3 N–H and O–H groups in total. The zero-order chi connectivity index (χ0) is 15.4. The predicted octanol–water partition coefficient (Wildman–Crippen LogP) is 2.95. The third-order valence-corrected chi connectivity index (χ3v) is 3.43. The van der Waals surface area contributed by atoms with Crippen molar-refractivity contribution in [3.8, 4) is 5.75 Å². The molecular weight excluding hydrogens is 264 g/mol. The molecule has 0 bridgehead atoms. The van der Waals surface area contributed by atoms with E-state index in [1.807, 2.05) is 38.1 Å². The van der Waals surface area contributed by atoms with Gasteiger partial charge in [0.05, 0.1) is 0 Å². The first-order valence-electron chi connectivity index (χ1n) is 6.94. The Balaban J connectivity index is 2.22. The Kier molecular flexibility index (Phi) is 4.48. The Bertz CT molecular complexity index is 653. The molecule has 0 atom stereocenters. The summed E-state index contributed by atoms with van der Waals surface area (Å²) in [6.07, 6.45) is 0. The van der Waals surface area contributed by atoms with Gasteiger partial charge in [-0.3, -0.25) is 4.79 Å². The highest BCUT2D eigenvalue weighted by molar-refractivity contribution is 5.95. The standard InChI is InChI=1S/C17H20N2O2/c1-3-19(11-13-5-4-6-14(18)10-13)17(21)16-8-7-15(20)9-12(16)2/h4-10,20H,3,11,18H2,1-2H3. The number of aryl methyl sites for hydroxylation is 1. The van der Waals surface area contributed by atoms with Crippen molar-refractivity contribution in [2.75, 3.05) is 12.3 Å². The molecule has 4 heteroatoms. The van der Waals surface area contributed by atoms with Crippen LogP contribution < -0.4 is 5.73 Å². The van der Waals surface area contributed by atoms with Gasteiger partial charge in [0.1, 0.15) is 5.75 Å². The second-order valence-corrected chi connectivity index (χ2v) is 5.06. The second kappa shape index (κ2) is 6.31. The third-order valence-electron chi connectivity index (χ3n) is 3.43. The van der Waals surface area contributed by atoms with Gasteiger partial charge in [-0.1, -0.05) is 12.1 Å². The van der Waals surface area contributed by atoms with Crippen molar-refractivity contribution in [1.82, 2.24) is 4.90 Å². The Labute approximate surface area is 124 Å². The molecule has 4 nitrogen and oxygen atoms in total. The molecule has 0 aromatic heterocycles. The summed E-state index contributed by atoms with van der Waals surface area (Å²) in [6, 6.07) is 12.3. The van der Waals surface area contributed by atoms with Crippen molar-refractivity contribution in [1.29, 1.82) is 0 Å². The Hall–Kier alpha value is -2.49. The van der Waals surface area contributed by atoms with Gasteiger partial charge in [-0.15, -0.1) is 0 Å². The summed E-state index contributed by atoms with van der Waals surface area (Å²) in [5.41, 5.74) is 8.84. The first kappa shape index (κ1) is 14.9. The van der Waals surface area contributed by atoms with Crippen LogP contribution >= 0.6 is 0 Å². The molecule has 1 amide bonds. The number of phenols is 1. The van der Waals surface area contributed by atoms with Crippen molar-refractivity contribution >= 4 is 11.6 Å². The number of nitrogens with zero attached hydrogens (tertiary/aromatic N) is 1. The zero-order valence-corrected chi connectivity index (χ0v) is 12.3. The number of hydrogen-bond donors (Lipinski definition) is 2. The molecule has 2 rings (SSSR count). The van der Waals surface area contributed by atoms with Gasteiger partial charge in [-0.25, -0.2) is 0 Å². The van der Waals surface area contributed by atoms with Crippen LogP contribution in [-0.2, 0) is 6.54 Å². The summed E-state index contributed by atoms with van der Waals surface area (Å²) in [7, 11) is 0. The monoisotopic (exact) mass is 284 g/mol. The first-order chi connectivity index (χ1) is 10.0. The third kappa shape index (κ3) is 3.54. The van der Waals surface area contributed by atoms with E-state index in [9.17, 15) is 9.90 Å². The highest BCUT2D eigenvalue weighted by Gasteiger charge is 2.16. The first-order valence-corrected chi connectivity index (χ1v) is 6.94. The van der Waals surface area contributed by atoms with E-state index in [1.165, 1.54) is 6.07 Å². The number of phenolic OH excluding ortho intramolecular Hbond substituents is 1. The summed E-state index contributed by atoms with van der Waals surface area (Å²) in [4.78, 5) is 14.4. The molecular formula is C17H20N2O2. The van der Waals surface area contributed by atoms with Gasteiger partial charge in [-0.05, 0) is 55.3 Å². The number of aromatic hydroxyl groups is 1. The molecule has 2 aromatic carbocycles. The fourth-order valence-electron chi connectivity index (χ4n) is 2.30. The fourth-order valence-corrected chi connectivity index (χ4v) is 2.30. The van der Waals surface area contributed by atoms with E-state index in [4.69, 9.17) is 5.73 Å². The highest BCUT2D eigenvalue weighted by Crippen LogP contribution is 2.19. The van der Waals surface area contributed by atoms with Gasteiger partial charge in [0.15, 0.2) is 0 Å². The minimum absolute atomic E-state index is 0.0441. The Morgan fingerprint density at radius 2 is 2.00 bits per heavy atom. The van der Waals surface area contributed by atoms with E-state index < -0.39 is 0 Å². The van der Waals surface area contributed by atoms with E-state index in [-0.39, 0.29) is 11.7 Å². The maximum atomic E-state index is 12.6. The van der Waals surface area contributed by atoms with Gasteiger partial charge in [0.2, 0.25) is 0 Å². The summed E-state index contributed by atoms with van der Waals surface area (Å²) in [6.45, 7) is 4.88. The molecule has 0 unspecified atom stereocenters. The molecule has 0 aliphatic heterocycles. The summed E-state index contributed by atoms with van der Waals surface area (Å²) >= 11 is 0. The summed E-state index contributed by atoms with van der Waals surface area (Å²) < 4.78 is 0. The number of carbonyl (C=O) groups excluding carboxylic acids is 1. The lowest BCUT2D eigenvalue weighted by Gasteiger charge is -2.22. The van der Waals surface area contributed by atoms with Crippen LogP contribution in [0.25, 0.3) is 0 Å². The zero-order valence-electron chi connectivity index (χ0n) is 12.3. The minimum atomic E-state index is -0.0441. The van der Waals surface area contributed by atoms with Crippen molar-refractivity contribution < 1.29 is 9.90 Å². The van der Waals surface area contributed by atoms with Crippen molar-refractivity contribution in [3.05, 3.63) is 59.2 Å². The molecule has 110 valence electrons. The number of carbonyl (C=O) groups is 1. The topological polar surface area (TPSA) is 66.6 Å². The molecule has 0 aliphatic carbocycles. The largest absolute Gasteiger partial charge is 0.508 e. The summed E-state index contributed by atoms with van der Waals surface area (Å²) in [5.74, 6) is 0.125. The van der Waals surface area contributed by atoms with Crippen LogP contribution in [0, 0.1) is 6.92 Å². The summed E-state index contributed by atoms with van der Waals surface area (Å²) in [5, 5.41) is 9.44. The maximum absolute atomic E-state index is 12.6. The number of nitrogens with two attached hydrogens (primary N) is 1. The van der Waals surface area contributed by atoms with Crippen molar-refractivity contribution in [3.63, 3.8) is 0 Å². The lowest BCUT2D eigenvalue weighted by atomic mass is 10.1. The molecule has 0 radical (unpaired) electrons. The second-order valence-electron chi connectivity index (χ2n) is 5.06. The molecule has 21 heavy (non-hydrogen) atoms. The normalized spacial score (nSPS) is 10.4. The quantitative estimate of drug-likeness (QED) is 0.848. The van der Waals surface area contributed by atoms with Crippen LogP contribution in [0.1, 0.15) is 28.4 Å². The van der Waals surface area contributed by atoms with E-state index >= 15 is 0 Å². The number of nitrogen functional groups attached to an aromatic ring is 1. The highest BCUT2D eigenvalue weighted by atomic mass is 16.3. The molecule has 0 saturated carbocycles. The van der Waals surface area contributed by atoms with E-state index in [1.54, 1.807) is 17.0 Å². The van der Waals surface area contributed by atoms with Crippen molar-refractivity contribution in [2.24, 2.45) is 0 Å². The average molecular weight is 284 g/mol. The Morgan fingerprint density at radius 3 is 2.62 bits per heavy atom. The van der Waals surface area contributed by atoms with Gasteiger partial charge in [0.25, 0.3) is 5.91 Å². The van der Waals surface area contributed by atoms with Crippen LogP contribution in [0.4, 0.5) is 5.69 Å². The fraction of sp³-hybridized carbons (Fsp3) is 0.235. The van der Waals surface area contributed by atoms with Crippen molar-refractivity contribution in [2.45, 2.75) is 20.4 Å². The van der Waals surface area contributed by atoms with Crippen LogP contribution in [0.3, 0.4) is 0 Å².